The fourth-order valence-corrected chi connectivity index (χ4v) is 1.42. The zero-order valence-corrected chi connectivity index (χ0v) is 8.68. The quantitative estimate of drug-likeness (QED) is 0.813. The van der Waals surface area contributed by atoms with Crippen LogP contribution >= 0.6 is 11.6 Å². The topological polar surface area (TPSA) is 52.0 Å². The van der Waals surface area contributed by atoms with Crippen molar-refractivity contribution in [2.75, 3.05) is 5.73 Å². The minimum absolute atomic E-state index is 0.252. The van der Waals surface area contributed by atoms with Crippen molar-refractivity contribution in [1.29, 1.82) is 0 Å². The molecule has 0 spiro atoms. The largest absolute Gasteiger partial charge is 0.381 e. The third-order valence-electron chi connectivity index (χ3n) is 2.09. The highest BCUT2D eigenvalue weighted by molar-refractivity contribution is 6.31. The van der Waals surface area contributed by atoms with Gasteiger partial charge in [0.15, 0.2) is 11.6 Å². The van der Waals surface area contributed by atoms with Crippen molar-refractivity contribution in [1.82, 2.24) is 5.16 Å². The first kappa shape index (κ1) is 9.98. The average Bonchev–Trinajstić information content (AvgIpc) is 2.60. The molecule has 0 saturated carbocycles. The van der Waals surface area contributed by atoms with Gasteiger partial charge in [0, 0.05) is 22.2 Å². The van der Waals surface area contributed by atoms with E-state index in [1.165, 1.54) is 12.1 Å². The standard InChI is InChI=1S/C10H8ClFN2O/c1-5-7(11)2-6(3-8(5)12)9-4-10(13)14-15-9/h2-4H,1H3,(H2,13,14). The lowest BCUT2D eigenvalue weighted by Gasteiger charge is -2.02. The summed E-state index contributed by atoms with van der Waals surface area (Å²) in [6, 6.07) is 4.46. The normalized spacial score (nSPS) is 10.6. The van der Waals surface area contributed by atoms with Crippen LogP contribution in [0.4, 0.5) is 10.2 Å². The molecule has 3 nitrogen and oxygen atoms in total. The van der Waals surface area contributed by atoms with Gasteiger partial charge in [0.1, 0.15) is 5.82 Å². The van der Waals surface area contributed by atoms with Gasteiger partial charge in [-0.15, -0.1) is 0 Å². The summed E-state index contributed by atoms with van der Waals surface area (Å²) in [6.07, 6.45) is 0. The second-order valence-corrected chi connectivity index (χ2v) is 3.59. The molecule has 0 fully saturated rings. The van der Waals surface area contributed by atoms with Gasteiger partial charge >= 0.3 is 0 Å². The van der Waals surface area contributed by atoms with E-state index in [2.05, 4.69) is 5.16 Å². The Morgan fingerprint density at radius 1 is 1.40 bits per heavy atom. The molecule has 0 radical (unpaired) electrons. The van der Waals surface area contributed by atoms with Gasteiger partial charge in [0.25, 0.3) is 0 Å². The lowest BCUT2D eigenvalue weighted by molar-refractivity contribution is 0.435. The van der Waals surface area contributed by atoms with Gasteiger partial charge in [-0.25, -0.2) is 4.39 Å². The van der Waals surface area contributed by atoms with Crippen LogP contribution in [0, 0.1) is 12.7 Å². The summed E-state index contributed by atoms with van der Waals surface area (Å²) in [5.41, 5.74) is 6.32. The van der Waals surface area contributed by atoms with E-state index in [0.29, 0.717) is 21.9 Å². The maximum Gasteiger partial charge on any atom is 0.169 e. The molecule has 1 aromatic heterocycles. The molecule has 5 heteroatoms. The lowest BCUT2D eigenvalue weighted by Crippen LogP contribution is -1.85. The highest BCUT2D eigenvalue weighted by atomic mass is 35.5. The Labute approximate surface area is 90.6 Å². The third kappa shape index (κ3) is 1.80. The number of nitrogen functional groups attached to an aromatic ring is 1. The summed E-state index contributed by atoms with van der Waals surface area (Å²) < 4.78 is 18.3. The number of aromatic nitrogens is 1. The van der Waals surface area contributed by atoms with Gasteiger partial charge in [-0.05, 0) is 19.1 Å². The van der Waals surface area contributed by atoms with Crippen LogP contribution in [-0.4, -0.2) is 5.16 Å². The van der Waals surface area contributed by atoms with Crippen LogP contribution in [-0.2, 0) is 0 Å². The van der Waals surface area contributed by atoms with Crippen LogP contribution in [0.3, 0.4) is 0 Å². The first-order valence-electron chi connectivity index (χ1n) is 4.26. The molecular weight excluding hydrogens is 219 g/mol. The van der Waals surface area contributed by atoms with E-state index in [0.717, 1.165) is 0 Å². The predicted octanol–water partition coefficient (Wildman–Crippen LogP) is 3.02. The number of nitrogens with two attached hydrogens (primary N) is 1. The van der Waals surface area contributed by atoms with Crippen molar-refractivity contribution >= 4 is 17.4 Å². The van der Waals surface area contributed by atoms with Crippen molar-refractivity contribution in [3.8, 4) is 11.3 Å². The maximum absolute atomic E-state index is 13.4. The molecule has 2 rings (SSSR count). The Morgan fingerprint density at radius 2 is 2.13 bits per heavy atom. The molecule has 1 aromatic carbocycles. The van der Waals surface area contributed by atoms with E-state index in [-0.39, 0.29) is 11.6 Å². The van der Waals surface area contributed by atoms with Gasteiger partial charge in [0.05, 0.1) is 0 Å². The van der Waals surface area contributed by atoms with Crippen molar-refractivity contribution < 1.29 is 8.91 Å². The maximum atomic E-state index is 13.4. The summed E-state index contributed by atoms with van der Waals surface area (Å²) in [4.78, 5) is 0. The summed E-state index contributed by atoms with van der Waals surface area (Å²) in [5, 5.41) is 3.86. The summed E-state index contributed by atoms with van der Waals surface area (Å²) in [6.45, 7) is 1.61. The molecule has 0 aliphatic carbocycles. The molecule has 2 aromatic rings. The van der Waals surface area contributed by atoms with Gasteiger partial charge < -0.3 is 10.3 Å². The molecular formula is C10H8ClFN2O. The molecule has 0 saturated heterocycles. The zero-order chi connectivity index (χ0) is 11.0. The molecule has 1 heterocycles. The molecule has 2 N–H and O–H groups in total. The molecule has 0 aliphatic heterocycles. The number of nitrogens with zero attached hydrogens (tertiary/aromatic N) is 1. The molecule has 0 bridgehead atoms. The molecule has 0 amide bonds. The fraction of sp³-hybridized carbons (Fsp3) is 0.100. The summed E-state index contributed by atoms with van der Waals surface area (Å²) in [7, 11) is 0. The second kappa shape index (κ2) is 3.55. The van der Waals surface area contributed by atoms with Crippen LogP contribution in [0.1, 0.15) is 5.56 Å². The van der Waals surface area contributed by atoms with E-state index in [9.17, 15) is 4.39 Å². The first-order chi connectivity index (χ1) is 7.08. The predicted molar refractivity (Wildman–Crippen MR) is 56.1 cm³/mol. The molecule has 78 valence electrons. The minimum Gasteiger partial charge on any atom is -0.381 e. The Morgan fingerprint density at radius 3 is 2.67 bits per heavy atom. The Bertz CT molecular complexity index is 487. The molecule has 0 unspecified atom stereocenters. The smallest absolute Gasteiger partial charge is 0.169 e. The number of hydrogen-bond acceptors (Lipinski definition) is 3. The SMILES string of the molecule is Cc1c(F)cc(-c2cc(N)no2)cc1Cl. The minimum atomic E-state index is -0.382. The van der Waals surface area contributed by atoms with E-state index in [1.807, 2.05) is 0 Å². The summed E-state index contributed by atoms with van der Waals surface area (Å²) in [5.74, 6) is 0.267. The molecule has 0 atom stereocenters. The molecule has 15 heavy (non-hydrogen) atoms. The Hall–Kier alpha value is -1.55. The van der Waals surface area contributed by atoms with E-state index < -0.39 is 0 Å². The second-order valence-electron chi connectivity index (χ2n) is 3.18. The highest BCUT2D eigenvalue weighted by Crippen LogP contribution is 2.28. The monoisotopic (exact) mass is 226 g/mol. The van der Waals surface area contributed by atoms with Gasteiger partial charge in [-0.2, -0.15) is 0 Å². The zero-order valence-electron chi connectivity index (χ0n) is 7.92. The number of hydrogen-bond donors (Lipinski definition) is 1. The van der Waals surface area contributed by atoms with Crippen LogP contribution in [0.15, 0.2) is 22.7 Å². The average molecular weight is 227 g/mol. The lowest BCUT2D eigenvalue weighted by atomic mass is 10.1. The van der Waals surface area contributed by atoms with Gasteiger partial charge in [0.2, 0.25) is 0 Å². The number of anilines is 1. The summed E-state index contributed by atoms with van der Waals surface area (Å²) >= 11 is 5.84. The van der Waals surface area contributed by atoms with E-state index >= 15 is 0 Å². The van der Waals surface area contributed by atoms with Crippen molar-refractivity contribution in [2.45, 2.75) is 6.92 Å². The van der Waals surface area contributed by atoms with Gasteiger partial charge in [-0.1, -0.05) is 16.8 Å². The van der Waals surface area contributed by atoms with Crippen molar-refractivity contribution in [3.63, 3.8) is 0 Å². The number of halogens is 2. The Balaban J connectivity index is 2.55. The number of rotatable bonds is 1. The highest BCUT2D eigenvalue weighted by Gasteiger charge is 2.10. The third-order valence-corrected chi connectivity index (χ3v) is 2.49. The van der Waals surface area contributed by atoms with Crippen molar-refractivity contribution in [2.24, 2.45) is 0 Å². The van der Waals surface area contributed by atoms with Crippen LogP contribution < -0.4 is 5.73 Å². The van der Waals surface area contributed by atoms with E-state index in [1.54, 1.807) is 13.0 Å². The van der Waals surface area contributed by atoms with E-state index in [4.69, 9.17) is 21.9 Å². The number of benzene rings is 1. The van der Waals surface area contributed by atoms with Crippen LogP contribution in [0.5, 0.6) is 0 Å². The Kier molecular flexibility index (Phi) is 2.36. The van der Waals surface area contributed by atoms with Crippen LogP contribution in [0.25, 0.3) is 11.3 Å². The van der Waals surface area contributed by atoms with Gasteiger partial charge in [-0.3, -0.25) is 0 Å². The first-order valence-corrected chi connectivity index (χ1v) is 4.64. The van der Waals surface area contributed by atoms with Crippen molar-refractivity contribution in [3.05, 3.63) is 34.6 Å². The fourth-order valence-electron chi connectivity index (χ4n) is 1.21. The molecule has 0 aliphatic rings. The van der Waals surface area contributed by atoms with Crippen LogP contribution in [0.2, 0.25) is 5.02 Å².